The number of anilines is 1. The van der Waals surface area contributed by atoms with Gasteiger partial charge in [-0.05, 0) is 36.5 Å². The molecular weight excluding hydrogens is 434 g/mol. The van der Waals surface area contributed by atoms with Crippen LogP contribution in [-0.4, -0.2) is 51.1 Å². The molecule has 10 heteroatoms. The number of benzene rings is 1. The van der Waals surface area contributed by atoms with Gasteiger partial charge in [0.05, 0.1) is 17.3 Å². The summed E-state index contributed by atoms with van der Waals surface area (Å²) in [5.41, 5.74) is 0.671. The van der Waals surface area contributed by atoms with E-state index in [1.165, 1.54) is 42.7 Å². The predicted octanol–water partition coefficient (Wildman–Crippen LogP) is 3.67. The second kappa shape index (κ2) is 9.76. The normalized spacial score (nSPS) is 22.2. The number of nitrogens with one attached hydrogen (secondary N) is 1. The van der Waals surface area contributed by atoms with Crippen molar-refractivity contribution in [3.63, 3.8) is 0 Å². The van der Waals surface area contributed by atoms with Gasteiger partial charge in [0, 0.05) is 24.3 Å². The summed E-state index contributed by atoms with van der Waals surface area (Å²) < 4.78 is 56.7. The van der Waals surface area contributed by atoms with Gasteiger partial charge in [-0.2, -0.15) is 0 Å². The van der Waals surface area contributed by atoms with Crippen molar-refractivity contribution < 1.29 is 26.7 Å². The lowest BCUT2D eigenvalue weighted by molar-refractivity contribution is -0.111. The fourth-order valence-electron chi connectivity index (χ4n) is 3.25. The Morgan fingerprint density at radius 2 is 1.93 bits per heavy atom. The van der Waals surface area contributed by atoms with E-state index in [0.717, 1.165) is 0 Å². The van der Waals surface area contributed by atoms with Crippen molar-refractivity contribution in [2.75, 3.05) is 24.8 Å². The molecule has 1 unspecified atom stereocenters. The van der Waals surface area contributed by atoms with Gasteiger partial charge in [0.15, 0.2) is 15.0 Å². The van der Waals surface area contributed by atoms with Gasteiger partial charge in [0.2, 0.25) is 0 Å². The number of rotatable bonds is 8. The summed E-state index contributed by atoms with van der Waals surface area (Å²) in [7, 11) is -2.10. The van der Waals surface area contributed by atoms with Gasteiger partial charge < -0.3 is 4.74 Å². The number of ether oxygens (including phenoxy) is 1. The molecule has 6 nitrogen and oxygen atoms in total. The van der Waals surface area contributed by atoms with E-state index in [9.17, 15) is 22.0 Å². The summed E-state index contributed by atoms with van der Waals surface area (Å²) in [4.78, 5) is 17.0. The Hall–Kier alpha value is -2.17. The van der Waals surface area contributed by atoms with Crippen LogP contribution >= 0.6 is 11.3 Å². The third-order valence-corrected chi connectivity index (χ3v) is 7.21. The molecule has 1 saturated carbocycles. The second-order valence-corrected chi connectivity index (χ2v) is 9.97. The summed E-state index contributed by atoms with van der Waals surface area (Å²) in [5.74, 6) is -1.07. The molecule has 2 aromatic rings. The number of sulfone groups is 1. The van der Waals surface area contributed by atoms with E-state index in [4.69, 9.17) is 4.74 Å². The lowest BCUT2D eigenvalue weighted by atomic mass is 9.98. The second-order valence-electron chi connectivity index (χ2n) is 6.97. The van der Waals surface area contributed by atoms with Crippen molar-refractivity contribution in [1.29, 1.82) is 0 Å². The van der Waals surface area contributed by atoms with Crippen molar-refractivity contribution in [2.24, 2.45) is 5.92 Å². The van der Waals surface area contributed by atoms with Crippen LogP contribution in [-0.2, 0) is 19.4 Å². The number of aromatic nitrogens is 1. The molecular formula is C20H22F2N2O4S2. The largest absolute Gasteiger partial charge is 0.384 e. The molecule has 0 radical (unpaired) electrons. The Bertz CT molecular complexity index is 982. The van der Waals surface area contributed by atoms with Gasteiger partial charge in [0.25, 0.3) is 5.91 Å². The molecule has 1 aromatic heterocycles. The molecule has 0 bridgehead atoms. The molecule has 30 heavy (non-hydrogen) atoms. The van der Waals surface area contributed by atoms with Crippen LogP contribution in [0.3, 0.4) is 0 Å². The van der Waals surface area contributed by atoms with E-state index in [1.807, 2.05) is 0 Å². The Kier molecular flexibility index (Phi) is 7.32. The van der Waals surface area contributed by atoms with Crippen molar-refractivity contribution in [3.8, 4) is 0 Å². The van der Waals surface area contributed by atoms with Crippen LogP contribution in [0, 0.1) is 5.92 Å². The molecule has 1 aliphatic carbocycles. The van der Waals surface area contributed by atoms with E-state index in [1.54, 1.807) is 17.7 Å². The molecule has 1 heterocycles. The standard InChI is InChI=1S/C20H22F2N2O4S2/c1-28-7-9-30(26,27)15-4-2-14(3-5-15)16(10-13-11-17(21)18(22)12-13)19(25)24-20-23-6-8-29-20/h2-6,8,10,13,17-18H,7,9,11-12H2,1H3,(H,23,24,25)/b16-10+/t13?,17-,18+. The first kappa shape index (κ1) is 22.5. The molecule has 3 rings (SSSR count). The number of halogens is 2. The van der Waals surface area contributed by atoms with Crippen molar-refractivity contribution in [3.05, 3.63) is 47.5 Å². The van der Waals surface area contributed by atoms with Crippen LogP contribution < -0.4 is 5.32 Å². The molecule has 162 valence electrons. The highest BCUT2D eigenvalue weighted by molar-refractivity contribution is 7.91. The van der Waals surface area contributed by atoms with Crippen molar-refractivity contribution in [1.82, 2.24) is 4.98 Å². The SMILES string of the molecule is COCCS(=O)(=O)c1ccc(/C(=C\C2C[C@@H](F)[C@@H](F)C2)C(=O)Nc2nccs2)cc1. The highest BCUT2D eigenvalue weighted by Gasteiger charge is 2.34. The maximum atomic E-state index is 13.6. The van der Waals surface area contributed by atoms with Gasteiger partial charge in [0.1, 0.15) is 12.3 Å². The van der Waals surface area contributed by atoms with Gasteiger partial charge >= 0.3 is 0 Å². The molecule has 1 fully saturated rings. The molecule has 0 saturated heterocycles. The predicted molar refractivity (Wildman–Crippen MR) is 112 cm³/mol. The summed E-state index contributed by atoms with van der Waals surface area (Å²) in [6, 6.07) is 5.86. The number of nitrogens with zero attached hydrogens (tertiary/aromatic N) is 1. The Morgan fingerprint density at radius 3 is 2.50 bits per heavy atom. The zero-order chi connectivity index (χ0) is 21.7. The highest BCUT2D eigenvalue weighted by atomic mass is 32.2. The summed E-state index contributed by atoms with van der Waals surface area (Å²) in [6.45, 7) is 0.0714. The number of carbonyl (C=O) groups is 1. The van der Waals surface area contributed by atoms with Crippen LogP contribution in [0.4, 0.5) is 13.9 Å². The highest BCUT2D eigenvalue weighted by Crippen LogP contribution is 2.34. The fraction of sp³-hybridized carbons (Fsp3) is 0.400. The smallest absolute Gasteiger partial charge is 0.257 e. The van der Waals surface area contributed by atoms with E-state index >= 15 is 0 Å². The number of thiazole rings is 1. The van der Waals surface area contributed by atoms with E-state index in [2.05, 4.69) is 10.3 Å². The number of alkyl halides is 2. The van der Waals surface area contributed by atoms with Crippen LogP contribution in [0.1, 0.15) is 18.4 Å². The number of allylic oxidation sites excluding steroid dienone is 1. The summed E-state index contributed by atoms with van der Waals surface area (Å²) in [5, 5.41) is 4.76. The maximum absolute atomic E-state index is 13.6. The Labute approximate surface area is 177 Å². The Morgan fingerprint density at radius 1 is 1.27 bits per heavy atom. The van der Waals surface area contributed by atoms with Gasteiger partial charge in [-0.1, -0.05) is 18.2 Å². The number of amides is 1. The van der Waals surface area contributed by atoms with Gasteiger partial charge in [-0.25, -0.2) is 22.2 Å². The topological polar surface area (TPSA) is 85.4 Å². The van der Waals surface area contributed by atoms with Gasteiger partial charge in [-0.3, -0.25) is 10.1 Å². The first-order chi connectivity index (χ1) is 14.3. The minimum atomic E-state index is -3.52. The molecule has 1 aromatic carbocycles. The summed E-state index contributed by atoms with van der Waals surface area (Å²) in [6.07, 6.45) is -0.00608. The van der Waals surface area contributed by atoms with Crippen molar-refractivity contribution >= 4 is 37.8 Å². The lowest BCUT2D eigenvalue weighted by Gasteiger charge is -2.12. The van der Waals surface area contributed by atoms with Crippen LogP contribution in [0.2, 0.25) is 0 Å². The third-order valence-electron chi connectivity index (χ3n) is 4.83. The first-order valence-electron chi connectivity index (χ1n) is 9.33. The molecule has 0 spiro atoms. The molecule has 3 atom stereocenters. The Balaban J connectivity index is 1.88. The number of hydrogen-bond acceptors (Lipinski definition) is 6. The number of hydrogen-bond donors (Lipinski definition) is 1. The molecule has 1 N–H and O–H groups in total. The van der Waals surface area contributed by atoms with E-state index < -0.39 is 34.0 Å². The number of carbonyl (C=O) groups excluding carboxylic acids is 1. The molecule has 1 amide bonds. The van der Waals surface area contributed by atoms with E-state index in [-0.39, 0.29) is 35.7 Å². The van der Waals surface area contributed by atoms with Crippen LogP contribution in [0.5, 0.6) is 0 Å². The zero-order valence-corrected chi connectivity index (χ0v) is 17.9. The van der Waals surface area contributed by atoms with E-state index in [0.29, 0.717) is 10.7 Å². The quantitative estimate of drug-likeness (QED) is 0.613. The molecule has 0 aliphatic heterocycles. The first-order valence-corrected chi connectivity index (χ1v) is 11.9. The third kappa shape index (κ3) is 5.50. The van der Waals surface area contributed by atoms with Crippen molar-refractivity contribution in [2.45, 2.75) is 30.1 Å². The van der Waals surface area contributed by atoms with Crippen LogP contribution in [0.15, 0.2) is 46.8 Å². The monoisotopic (exact) mass is 456 g/mol. The summed E-state index contributed by atoms with van der Waals surface area (Å²) >= 11 is 1.24. The zero-order valence-electron chi connectivity index (χ0n) is 16.3. The minimum absolute atomic E-state index is 0.00131. The fourth-order valence-corrected chi connectivity index (χ4v) is 4.94. The molecule has 1 aliphatic rings. The minimum Gasteiger partial charge on any atom is -0.384 e. The lowest BCUT2D eigenvalue weighted by Crippen LogP contribution is -2.15. The van der Waals surface area contributed by atoms with Crippen LogP contribution in [0.25, 0.3) is 5.57 Å². The maximum Gasteiger partial charge on any atom is 0.257 e. The number of methoxy groups -OCH3 is 1. The van der Waals surface area contributed by atoms with Gasteiger partial charge in [-0.15, -0.1) is 11.3 Å². The average molecular weight is 457 g/mol. The average Bonchev–Trinajstić information content (AvgIpc) is 3.34.